The normalized spacial score (nSPS) is 17.0. The summed E-state index contributed by atoms with van der Waals surface area (Å²) in [5, 5.41) is 5.85. The molecule has 172 valence electrons. The van der Waals surface area contributed by atoms with Crippen LogP contribution in [0.25, 0.3) is 0 Å². The second-order valence-electron chi connectivity index (χ2n) is 7.43. The Hall–Kier alpha value is -3.38. The quantitative estimate of drug-likeness (QED) is 0.451. The van der Waals surface area contributed by atoms with E-state index in [1.54, 1.807) is 24.3 Å². The minimum Gasteiger partial charge on any atom is -0.382 e. The van der Waals surface area contributed by atoms with Crippen molar-refractivity contribution in [2.24, 2.45) is 0 Å². The van der Waals surface area contributed by atoms with E-state index in [1.165, 1.54) is 0 Å². The first-order valence-corrected chi connectivity index (χ1v) is 12.4. The number of carbonyl (C=O) groups excluding carboxylic acids is 2. The SMILES string of the molecule is Nc1nc(Nc2ccc(C(=O)NC3CCS(=O)(=O)C3)cc2)sc1C(=O)c1c(F)cccc1F. The molecule has 8 nitrogen and oxygen atoms in total. The molecule has 2 aromatic carbocycles. The molecule has 4 rings (SSSR count). The van der Waals surface area contributed by atoms with Crippen LogP contribution in [0.4, 0.5) is 25.4 Å². The minimum absolute atomic E-state index is 0.0613. The molecule has 3 aromatic rings. The predicted octanol–water partition coefficient (Wildman–Crippen LogP) is 2.90. The van der Waals surface area contributed by atoms with E-state index < -0.39 is 38.9 Å². The van der Waals surface area contributed by atoms with Gasteiger partial charge < -0.3 is 16.4 Å². The number of nitrogens with one attached hydrogen (secondary N) is 2. The lowest BCUT2D eigenvalue weighted by molar-refractivity contribution is 0.0940. The second-order valence-corrected chi connectivity index (χ2v) is 10.7. The number of nitrogen functional groups attached to an aromatic ring is 1. The molecule has 1 saturated heterocycles. The number of hydrogen-bond donors (Lipinski definition) is 3. The standard InChI is InChI=1S/C21H18F2N4O4S2/c22-14-2-1-3-15(23)16(14)17(28)18-19(24)27-21(32-18)26-12-6-4-11(5-7-12)20(29)25-13-8-9-33(30,31)10-13/h1-7,13H,8-10,24H2,(H,25,29)(H,26,27). The van der Waals surface area contributed by atoms with E-state index in [-0.39, 0.29) is 33.2 Å². The van der Waals surface area contributed by atoms with E-state index in [0.29, 0.717) is 17.7 Å². The maximum absolute atomic E-state index is 13.9. The Morgan fingerprint density at radius 1 is 1.09 bits per heavy atom. The summed E-state index contributed by atoms with van der Waals surface area (Å²) in [7, 11) is -3.10. The first-order valence-electron chi connectivity index (χ1n) is 9.76. The van der Waals surface area contributed by atoms with Crippen molar-refractivity contribution >= 4 is 49.5 Å². The summed E-state index contributed by atoms with van der Waals surface area (Å²) in [4.78, 5) is 28.8. The highest BCUT2D eigenvalue weighted by Gasteiger charge is 2.29. The van der Waals surface area contributed by atoms with Crippen LogP contribution in [0, 0.1) is 11.6 Å². The lowest BCUT2D eigenvalue weighted by atomic mass is 10.1. The number of aromatic nitrogens is 1. The summed E-state index contributed by atoms with van der Waals surface area (Å²) in [6.45, 7) is 0. The second kappa shape index (κ2) is 8.87. The summed E-state index contributed by atoms with van der Waals surface area (Å²) in [5.74, 6) is -3.46. The molecule has 0 saturated carbocycles. The third-order valence-electron chi connectivity index (χ3n) is 5.02. The summed E-state index contributed by atoms with van der Waals surface area (Å²) >= 11 is 0.840. The van der Waals surface area contributed by atoms with Crippen molar-refractivity contribution < 1.29 is 26.8 Å². The molecule has 0 spiro atoms. The average molecular weight is 493 g/mol. The number of amides is 1. The summed E-state index contributed by atoms with van der Waals surface area (Å²) in [6.07, 6.45) is 0.386. The fourth-order valence-electron chi connectivity index (χ4n) is 3.38. The zero-order valence-electron chi connectivity index (χ0n) is 17.0. The van der Waals surface area contributed by atoms with Gasteiger partial charge in [-0.15, -0.1) is 0 Å². The van der Waals surface area contributed by atoms with Crippen LogP contribution in [0.2, 0.25) is 0 Å². The van der Waals surface area contributed by atoms with Gasteiger partial charge in [0.25, 0.3) is 5.91 Å². The Kier molecular flexibility index (Phi) is 6.13. The number of nitrogens with two attached hydrogens (primary N) is 1. The van der Waals surface area contributed by atoms with Gasteiger partial charge in [0.2, 0.25) is 5.78 Å². The molecule has 2 heterocycles. The monoisotopic (exact) mass is 492 g/mol. The highest BCUT2D eigenvalue weighted by molar-refractivity contribution is 7.91. The number of nitrogens with zero attached hydrogens (tertiary/aromatic N) is 1. The number of benzene rings is 2. The van der Waals surface area contributed by atoms with Crippen LogP contribution in [0.5, 0.6) is 0 Å². The Balaban J connectivity index is 1.45. The van der Waals surface area contributed by atoms with Crippen molar-refractivity contribution in [1.29, 1.82) is 0 Å². The van der Waals surface area contributed by atoms with Gasteiger partial charge in [-0.3, -0.25) is 9.59 Å². The van der Waals surface area contributed by atoms with Crippen LogP contribution in [-0.4, -0.2) is 42.6 Å². The van der Waals surface area contributed by atoms with Crippen LogP contribution in [0.15, 0.2) is 42.5 Å². The molecule has 1 fully saturated rings. The van der Waals surface area contributed by atoms with Gasteiger partial charge in [-0.1, -0.05) is 17.4 Å². The zero-order chi connectivity index (χ0) is 23.8. The van der Waals surface area contributed by atoms with E-state index in [9.17, 15) is 26.8 Å². The molecular weight excluding hydrogens is 474 g/mol. The van der Waals surface area contributed by atoms with Gasteiger partial charge >= 0.3 is 0 Å². The van der Waals surface area contributed by atoms with E-state index in [4.69, 9.17) is 5.73 Å². The van der Waals surface area contributed by atoms with Gasteiger partial charge in [0, 0.05) is 17.3 Å². The van der Waals surface area contributed by atoms with Gasteiger partial charge in [0.05, 0.1) is 17.1 Å². The molecule has 1 amide bonds. The number of hydrogen-bond acceptors (Lipinski definition) is 8. The van der Waals surface area contributed by atoms with Crippen molar-refractivity contribution in [3.8, 4) is 0 Å². The van der Waals surface area contributed by atoms with Gasteiger partial charge in [-0.2, -0.15) is 0 Å². The van der Waals surface area contributed by atoms with Crippen LogP contribution in [0.3, 0.4) is 0 Å². The Morgan fingerprint density at radius 2 is 1.76 bits per heavy atom. The lowest BCUT2D eigenvalue weighted by Gasteiger charge is -2.11. The van der Waals surface area contributed by atoms with Crippen molar-refractivity contribution in [3.05, 3.63) is 70.1 Å². The number of halogens is 2. The Labute approximate surface area is 191 Å². The third-order valence-corrected chi connectivity index (χ3v) is 7.77. The van der Waals surface area contributed by atoms with Crippen molar-refractivity contribution in [2.75, 3.05) is 22.6 Å². The minimum atomic E-state index is -3.10. The number of anilines is 3. The topological polar surface area (TPSA) is 131 Å². The molecule has 0 aliphatic carbocycles. The van der Waals surface area contributed by atoms with Gasteiger partial charge in [0.15, 0.2) is 15.0 Å². The maximum Gasteiger partial charge on any atom is 0.251 e. The van der Waals surface area contributed by atoms with Crippen molar-refractivity contribution in [2.45, 2.75) is 12.5 Å². The van der Waals surface area contributed by atoms with Gasteiger partial charge in [0.1, 0.15) is 22.3 Å². The summed E-state index contributed by atoms with van der Waals surface area (Å²) in [5.41, 5.74) is 5.96. The molecule has 4 N–H and O–H groups in total. The fourth-order valence-corrected chi connectivity index (χ4v) is 5.91. The first-order chi connectivity index (χ1) is 15.6. The number of rotatable bonds is 6. The van der Waals surface area contributed by atoms with E-state index in [2.05, 4.69) is 15.6 Å². The maximum atomic E-state index is 13.9. The molecule has 0 radical (unpaired) electrons. The lowest BCUT2D eigenvalue weighted by Crippen LogP contribution is -2.35. The van der Waals surface area contributed by atoms with Crippen LogP contribution in [0.1, 0.15) is 32.0 Å². The largest absolute Gasteiger partial charge is 0.382 e. The van der Waals surface area contributed by atoms with Crippen LogP contribution >= 0.6 is 11.3 Å². The van der Waals surface area contributed by atoms with E-state index in [0.717, 1.165) is 29.5 Å². The third kappa shape index (κ3) is 5.01. The number of sulfone groups is 1. The first kappa shape index (κ1) is 22.8. The molecule has 1 aliphatic heterocycles. The predicted molar refractivity (Wildman–Crippen MR) is 121 cm³/mol. The highest BCUT2D eigenvalue weighted by Crippen LogP contribution is 2.31. The Bertz CT molecular complexity index is 1320. The molecule has 33 heavy (non-hydrogen) atoms. The average Bonchev–Trinajstić information content (AvgIpc) is 3.29. The van der Waals surface area contributed by atoms with Crippen LogP contribution < -0.4 is 16.4 Å². The highest BCUT2D eigenvalue weighted by atomic mass is 32.2. The molecule has 1 unspecified atom stereocenters. The number of ketones is 1. The van der Waals surface area contributed by atoms with Crippen molar-refractivity contribution in [3.63, 3.8) is 0 Å². The van der Waals surface area contributed by atoms with Gasteiger partial charge in [-0.25, -0.2) is 22.2 Å². The number of thiazole rings is 1. The molecule has 12 heteroatoms. The zero-order valence-corrected chi connectivity index (χ0v) is 18.6. The molecular formula is C21H18F2N4O4S2. The Morgan fingerprint density at radius 3 is 2.36 bits per heavy atom. The van der Waals surface area contributed by atoms with E-state index in [1.807, 2.05) is 0 Å². The van der Waals surface area contributed by atoms with E-state index >= 15 is 0 Å². The number of carbonyl (C=O) groups is 2. The fraction of sp³-hybridized carbons (Fsp3) is 0.190. The van der Waals surface area contributed by atoms with Crippen molar-refractivity contribution in [1.82, 2.24) is 10.3 Å². The molecule has 1 aliphatic rings. The molecule has 0 bridgehead atoms. The van der Waals surface area contributed by atoms with Gasteiger partial charge in [-0.05, 0) is 42.8 Å². The van der Waals surface area contributed by atoms with Crippen LogP contribution in [-0.2, 0) is 9.84 Å². The smallest absolute Gasteiger partial charge is 0.251 e. The molecule has 1 atom stereocenters. The summed E-state index contributed by atoms with van der Waals surface area (Å²) < 4.78 is 50.9. The molecule has 1 aromatic heterocycles. The summed E-state index contributed by atoms with van der Waals surface area (Å²) in [6, 6.07) is 8.98.